The summed E-state index contributed by atoms with van der Waals surface area (Å²) in [5, 5.41) is 3.64. The zero-order valence-corrected chi connectivity index (χ0v) is 13.4. The van der Waals surface area contributed by atoms with Crippen molar-refractivity contribution in [1.29, 1.82) is 0 Å². The van der Waals surface area contributed by atoms with E-state index in [1.165, 1.54) is 18.4 Å². The molecule has 2 rings (SSSR count). The predicted molar refractivity (Wildman–Crippen MR) is 86.9 cm³/mol. The van der Waals surface area contributed by atoms with E-state index in [4.69, 9.17) is 9.47 Å². The number of benzene rings is 1. The molecule has 1 atom stereocenters. The van der Waals surface area contributed by atoms with Crippen molar-refractivity contribution in [3.05, 3.63) is 29.8 Å². The first kappa shape index (κ1) is 16.3. The highest BCUT2D eigenvalue weighted by Crippen LogP contribution is 2.28. The molecule has 0 aromatic heterocycles. The SMILES string of the molecule is CCCNC(CCCOCC)c1ccc(OC2CC2)cc1. The summed E-state index contributed by atoms with van der Waals surface area (Å²) < 4.78 is 11.3. The Labute approximate surface area is 129 Å². The fourth-order valence-corrected chi connectivity index (χ4v) is 2.40. The maximum atomic E-state index is 5.81. The highest BCUT2D eigenvalue weighted by Gasteiger charge is 2.23. The molecule has 0 saturated heterocycles. The molecule has 1 fully saturated rings. The standard InChI is InChI=1S/C18H29NO2/c1-3-13-19-18(6-5-14-20-4-2)15-7-9-16(10-8-15)21-17-11-12-17/h7-10,17-19H,3-6,11-14H2,1-2H3. The Morgan fingerprint density at radius 1 is 1.19 bits per heavy atom. The molecule has 0 heterocycles. The van der Waals surface area contributed by atoms with Crippen molar-refractivity contribution < 1.29 is 9.47 Å². The molecule has 0 bridgehead atoms. The van der Waals surface area contributed by atoms with Crippen LogP contribution in [0.25, 0.3) is 0 Å². The Morgan fingerprint density at radius 3 is 2.57 bits per heavy atom. The number of hydrogen-bond donors (Lipinski definition) is 1. The second-order valence-corrected chi connectivity index (χ2v) is 5.73. The maximum Gasteiger partial charge on any atom is 0.119 e. The van der Waals surface area contributed by atoms with Crippen LogP contribution in [0.4, 0.5) is 0 Å². The van der Waals surface area contributed by atoms with Gasteiger partial charge in [-0.2, -0.15) is 0 Å². The summed E-state index contributed by atoms with van der Waals surface area (Å²) >= 11 is 0. The van der Waals surface area contributed by atoms with E-state index >= 15 is 0 Å². The second-order valence-electron chi connectivity index (χ2n) is 5.73. The van der Waals surface area contributed by atoms with Gasteiger partial charge in [-0.1, -0.05) is 19.1 Å². The second kappa shape index (κ2) is 9.06. The molecule has 118 valence electrons. The average molecular weight is 291 g/mol. The van der Waals surface area contributed by atoms with Crippen LogP contribution in [0, 0.1) is 0 Å². The van der Waals surface area contributed by atoms with Crippen molar-refractivity contribution in [3.63, 3.8) is 0 Å². The molecule has 0 amide bonds. The topological polar surface area (TPSA) is 30.5 Å². The lowest BCUT2D eigenvalue weighted by Gasteiger charge is -2.19. The minimum absolute atomic E-state index is 0.417. The zero-order valence-electron chi connectivity index (χ0n) is 13.4. The Kier molecular flexibility index (Phi) is 7.04. The Morgan fingerprint density at radius 2 is 1.95 bits per heavy atom. The molecule has 1 aromatic rings. The number of hydrogen-bond acceptors (Lipinski definition) is 3. The van der Waals surface area contributed by atoms with Gasteiger partial charge in [0.05, 0.1) is 6.10 Å². The van der Waals surface area contributed by atoms with Crippen molar-refractivity contribution in [2.24, 2.45) is 0 Å². The van der Waals surface area contributed by atoms with Crippen LogP contribution in [0.2, 0.25) is 0 Å². The van der Waals surface area contributed by atoms with E-state index < -0.39 is 0 Å². The van der Waals surface area contributed by atoms with E-state index in [0.717, 1.165) is 44.8 Å². The minimum Gasteiger partial charge on any atom is -0.490 e. The molecule has 1 N–H and O–H groups in total. The van der Waals surface area contributed by atoms with Crippen LogP contribution in [-0.2, 0) is 4.74 Å². The smallest absolute Gasteiger partial charge is 0.119 e. The lowest BCUT2D eigenvalue weighted by Crippen LogP contribution is -2.22. The first-order valence-corrected chi connectivity index (χ1v) is 8.41. The normalized spacial score (nSPS) is 15.9. The van der Waals surface area contributed by atoms with Gasteiger partial charge in [-0.3, -0.25) is 0 Å². The Hall–Kier alpha value is -1.06. The van der Waals surface area contributed by atoms with Crippen molar-refractivity contribution >= 4 is 0 Å². The van der Waals surface area contributed by atoms with E-state index in [1.54, 1.807) is 0 Å². The van der Waals surface area contributed by atoms with E-state index in [1.807, 2.05) is 6.92 Å². The molecule has 21 heavy (non-hydrogen) atoms. The van der Waals surface area contributed by atoms with E-state index in [-0.39, 0.29) is 0 Å². The van der Waals surface area contributed by atoms with Gasteiger partial charge in [0.1, 0.15) is 5.75 Å². The van der Waals surface area contributed by atoms with Gasteiger partial charge in [-0.15, -0.1) is 0 Å². The highest BCUT2D eigenvalue weighted by molar-refractivity contribution is 5.29. The third kappa shape index (κ3) is 6.06. The number of rotatable bonds is 11. The summed E-state index contributed by atoms with van der Waals surface area (Å²) in [5.41, 5.74) is 1.35. The molecule has 1 aromatic carbocycles. The molecule has 0 aliphatic heterocycles. The van der Waals surface area contributed by atoms with E-state index in [9.17, 15) is 0 Å². The molecular formula is C18H29NO2. The van der Waals surface area contributed by atoms with Gasteiger partial charge >= 0.3 is 0 Å². The summed E-state index contributed by atoms with van der Waals surface area (Å²) in [6.07, 6.45) is 6.25. The lowest BCUT2D eigenvalue weighted by atomic mass is 10.0. The van der Waals surface area contributed by atoms with Crippen LogP contribution in [-0.4, -0.2) is 25.9 Å². The van der Waals surface area contributed by atoms with Gasteiger partial charge in [-0.25, -0.2) is 0 Å². The van der Waals surface area contributed by atoms with Crippen molar-refractivity contribution in [2.75, 3.05) is 19.8 Å². The summed E-state index contributed by atoms with van der Waals surface area (Å²) in [6, 6.07) is 9.03. The average Bonchev–Trinajstić information content (AvgIpc) is 3.32. The van der Waals surface area contributed by atoms with Crippen LogP contribution in [0.1, 0.15) is 57.6 Å². The first-order valence-electron chi connectivity index (χ1n) is 8.41. The first-order chi connectivity index (χ1) is 10.3. The molecule has 3 nitrogen and oxygen atoms in total. The quantitative estimate of drug-likeness (QED) is 0.623. The van der Waals surface area contributed by atoms with Crippen LogP contribution >= 0.6 is 0 Å². The van der Waals surface area contributed by atoms with E-state index in [2.05, 4.69) is 36.5 Å². The third-order valence-electron chi connectivity index (χ3n) is 3.74. The minimum atomic E-state index is 0.417. The molecule has 1 unspecified atom stereocenters. The Bertz CT molecular complexity index is 387. The van der Waals surface area contributed by atoms with Gasteiger partial charge in [0.15, 0.2) is 0 Å². The monoisotopic (exact) mass is 291 g/mol. The summed E-state index contributed by atoms with van der Waals surface area (Å²) in [6.45, 7) is 6.96. The molecule has 3 heteroatoms. The van der Waals surface area contributed by atoms with E-state index in [0.29, 0.717) is 12.1 Å². The zero-order chi connectivity index (χ0) is 14.9. The third-order valence-corrected chi connectivity index (χ3v) is 3.74. The highest BCUT2D eigenvalue weighted by atomic mass is 16.5. The lowest BCUT2D eigenvalue weighted by molar-refractivity contribution is 0.141. The predicted octanol–water partition coefficient (Wildman–Crippen LogP) is 4.09. The van der Waals surface area contributed by atoms with Crippen LogP contribution < -0.4 is 10.1 Å². The van der Waals surface area contributed by atoms with Crippen LogP contribution in [0.5, 0.6) is 5.75 Å². The molecule has 1 aliphatic carbocycles. The van der Waals surface area contributed by atoms with Crippen molar-refractivity contribution in [2.45, 2.75) is 58.1 Å². The van der Waals surface area contributed by atoms with Crippen LogP contribution in [0.3, 0.4) is 0 Å². The van der Waals surface area contributed by atoms with Gasteiger partial charge in [-0.05, 0) is 63.3 Å². The van der Waals surface area contributed by atoms with Crippen molar-refractivity contribution in [3.8, 4) is 5.75 Å². The summed E-state index contributed by atoms with van der Waals surface area (Å²) in [4.78, 5) is 0. The van der Waals surface area contributed by atoms with Crippen molar-refractivity contribution in [1.82, 2.24) is 5.32 Å². The van der Waals surface area contributed by atoms with Gasteiger partial charge in [0.25, 0.3) is 0 Å². The van der Waals surface area contributed by atoms with Gasteiger partial charge in [0, 0.05) is 19.3 Å². The fourth-order valence-electron chi connectivity index (χ4n) is 2.40. The molecule has 1 aliphatic rings. The largest absolute Gasteiger partial charge is 0.490 e. The maximum absolute atomic E-state index is 5.81. The number of ether oxygens (including phenoxy) is 2. The Balaban J connectivity index is 1.87. The molecule has 0 radical (unpaired) electrons. The molecule has 1 saturated carbocycles. The fraction of sp³-hybridized carbons (Fsp3) is 0.667. The van der Waals surface area contributed by atoms with Gasteiger partial charge < -0.3 is 14.8 Å². The number of nitrogens with one attached hydrogen (secondary N) is 1. The van der Waals surface area contributed by atoms with Crippen LogP contribution in [0.15, 0.2) is 24.3 Å². The molecule has 0 spiro atoms. The molecular weight excluding hydrogens is 262 g/mol. The summed E-state index contributed by atoms with van der Waals surface area (Å²) in [7, 11) is 0. The summed E-state index contributed by atoms with van der Waals surface area (Å²) in [5.74, 6) is 1.00. The van der Waals surface area contributed by atoms with Gasteiger partial charge in [0.2, 0.25) is 0 Å².